The smallest absolute Gasteiger partial charge is 0.328 e. The number of likely N-dealkylation sites (tertiary alicyclic amines) is 1. The van der Waals surface area contributed by atoms with Gasteiger partial charge in [0.25, 0.3) is 0 Å². The maximum atomic E-state index is 11.2. The number of ether oxygens (including phenoxy) is 1. The Morgan fingerprint density at radius 2 is 2.42 bits per heavy atom. The van der Waals surface area contributed by atoms with Gasteiger partial charge in [-0.15, -0.1) is 0 Å². The fraction of sp³-hybridized carbons (Fsp3) is 0.750. The minimum atomic E-state index is -0.456. The zero-order valence-corrected chi connectivity index (χ0v) is 7.08. The number of hydrogen-bond donors (Lipinski definition) is 0. The summed E-state index contributed by atoms with van der Waals surface area (Å²) < 4.78 is 11.5. The third kappa shape index (κ3) is 1.57. The standard InChI is InChI=1S/C8H13NO3/c1-6(10)9-5-3-4-7(9)8(11)12-2/h7H,3-5H2,1-2H3/t7-/m0/s1/i1D. The van der Waals surface area contributed by atoms with E-state index in [-0.39, 0.29) is 18.8 Å². The molecule has 0 spiro atoms. The van der Waals surface area contributed by atoms with Crippen LogP contribution in [0, 0.1) is 0 Å². The van der Waals surface area contributed by atoms with Gasteiger partial charge in [0.1, 0.15) is 6.04 Å². The average Bonchev–Trinajstić information content (AvgIpc) is 2.63. The number of amides is 1. The van der Waals surface area contributed by atoms with Gasteiger partial charge in [0.15, 0.2) is 0 Å². The van der Waals surface area contributed by atoms with Crippen LogP contribution in [-0.2, 0) is 14.3 Å². The summed E-state index contributed by atoms with van der Waals surface area (Å²) in [5.74, 6) is -0.674. The van der Waals surface area contributed by atoms with Crippen LogP contribution in [0.4, 0.5) is 0 Å². The van der Waals surface area contributed by atoms with Crippen molar-refractivity contribution in [3.63, 3.8) is 0 Å². The summed E-state index contributed by atoms with van der Waals surface area (Å²) in [4.78, 5) is 23.8. The van der Waals surface area contributed by atoms with Crippen molar-refractivity contribution in [2.75, 3.05) is 13.7 Å². The quantitative estimate of drug-likeness (QED) is 0.530. The summed E-state index contributed by atoms with van der Waals surface area (Å²) in [5, 5.41) is 0. The Hall–Kier alpha value is -1.06. The molecule has 1 heterocycles. The van der Waals surface area contributed by atoms with Gasteiger partial charge in [-0.1, -0.05) is 0 Å². The first-order valence-electron chi connectivity index (χ1n) is 4.58. The van der Waals surface area contributed by atoms with Gasteiger partial charge in [-0.25, -0.2) is 4.79 Å². The maximum absolute atomic E-state index is 11.2. The van der Waals surface area contributed by atoms with Crippen molar-refractivity contribution in [1.29, 1.82) is 0 Å². The van der Waals surface area contributed by atoms with Crippen molar-refractivity contribution >= 4 is 11.9 Å². The Kier molecular flexibility index (Phi) is 2.25. The number of carbonyl (C=O) groups is 2. The topological polar surface area (TPSA) is 46.6 Å². The molecular weight excluding hydrogens is 158 g/mol. The highest BCUT2D eigenvalue weighted by Crippen LogP contribution is 2.17. The lowest BCUT2D eigenvalue weighted by Gasteiger charge is -2.20. The summed E-state index contributed by atoms with van der Waals surface area (Å²) >= 11 is 0. The fourth-order valence-corrected chi connectivity index (χ4v) is 1.45. The first kappa shape index (κ1) is 7.58. The number of hydrogen-bond acceptors (Lipinski definition) is 3. The molecule has 4 heteroatoms. The van der Waals surface area contributed by atoms with Crippen molar-refractivity contribution in [2.45, 2.75) is 25.8 Å². The largest absolute Gasteiger partial charge is 0.467 e. The highest BCUT2D eigenvalue weighted by Gasteiger charge is 2.32. The molecule has 1 saturated heterocycles. The zero-order chi connectivity index (χ0) is 9.84. The van der Waals surface area contributed by atoms with E-state index < -0.39 is 6.04 Å². The number of methoxy groups -OCH3 is 1. The molecule has 12 heavy (non-hydrogen) atoms. The molecule has 1 aliphatic rings. The number of carbonyl (C=O) groups excluding carboxylic acids is 2. The molecule has 1 rings (SSSR count). The molecule has 0 radical (unpaired) electrons. The summed E-state index contributed by atoms with van der Waals surface area (Å²) in [7, 11) is 1.31. The molecule has 0 aromatic carbocycles. The van der Waals surface area contributed by atoms with Crippen molar-refractivity contribution in [3.05, 3.63) is 0 Å². The van der Waals surface area contributed by atoms with Crippen molar-refractivity contribution in [3.8, 4) is 0 Å². The molecule has 68 valence electrons. The summed E-state index contributed by atoms with van der Waals surface area (Å²) in [6, 6.07) is -0.456. The van der Waals surface area contributed by atoms with E-state index in [1.807, 2.05) is 0 Å². The van der Waals surface area contributed by atoms with Gasteiger partial charge in [-0.2, -0.15) is 0 Å². The van der Waals surface area contributed by atoms with Gasteiger partial charge in [0, 0.05) is 14.8 Å². The van der Waals surface area contributed by atoms with Crippen molar-refractivity contribution in [1.82, 2.24) is 4.90 Å². The molecule has 1 atom stereocenters. The average molecular weight is 172 g/mol. The minimum Gasteiger partial charge on any atom is -0.467 e. The van der Waals surface area contributed by atoms with Gasteiger partial charge < -0.3 is 9.64 Å². The van der Waals surface area contributed by atoms with E-state index in [1.54, 1.807) is 0 Å². The van der Waals surface area contributed by atoms with Gasteiger partial charge >= 0.3 is 5.97 Å². The van der Waals surface area contributed by atoms with Crippen LogP contribution in [0.2, 0.25) is 0 Å². The summed E-state index contributed by atoms with van der Waals surface area (Å²) in [6.45, 7) is 0.269. The van der Waals surface area contributed by atoms with Crippen LogP contribution in [0.1, 0.15) is 21.1 Å². The molecule has 0 N–H and O–H groups in total. The van der Waals surface area contributed by atoms with Gasteiger partial charge in [-0.05, 0) is 12.8 Å². The third-order valence-corrected chi connectivity index (χ3v) is 2.05. The molecule has 1 aliphatic heterocycles. The Morgan fingerprint density at radius 1 is 1.67 bits per heavy atom. The van der Waals surface area contributed by atoms with E-state index >= 15 is 0 Å². The van der Waals surface area contributed by atoms with Crippen LogP contribution in [0.3, 0.4) is 0 Å². The van der Waals surface area contributed by atoms with Gasteiger partial charge in [0.2, 0.25) is 5.91 Å². The van der Waals surface area contributed by atoms with Crippen LogP contribution in [0.5, 0.6) is 0 Å². The molecule has 0 aliphatic carbocycles. The highest BCUT2D eigenvalue weighted by molar-refractivity contribution is 5.83. The maximum Gasteiger partial charge on any atom is 0.328 e. The first-order chi connectivity index (χ1) is 6.20. The lowest BCUT2D eigenvalue weighted by Crippen LogP contribution is -2.39. The molecule has 0 unspecified atom stereocenters. The third-order valence-electron chi connectivity index (χ3n) is 2.05. The Balaban J connectivity index is 2.63. The number of rotatable bonds is 1. The molecule has 0 aromatic heterocycles. The minimum absolute atomic E-state index is 0.298. The summed E-state index contributed by atoms with van der Waals surface area (Å²) in [5.41, 5.74) is 0. The second kappa shape index (κ2) is 3.56. The van der Waals surface area contributed by atoms with Crippen LogP contribution in [-0.4, -0.2) is 36.5 Å². The van der Waals surface area contributed by atoms with E-state index in [0.29, 0.717) is 13.0 Å². The lowest BCUT2D eigenvalue weighted by molar-refractivity contribution is -0.150. The molecule has 0 aromatic rings. The van der Waals surface area contributed by atoms with Crippen LogP contribution >= 0.6 is 0 Å². The number of nitrogens with zero attached hydrogens (tertiary/aromatic N) is 1. The van der Waals surface area contributed by atoms with E-state index in [2.05, 4.69) is 4.74 Å². The van der Waals surface area contributed by atoms with E-state index in [1.165, 1.54) is 12.0 Å². The van der Waals surface area contributed by atoms with Crippen LogP contribution in [0.15, 0.2) is 0 Å². The molecular formula is C8H13NO3. The molecule has 1 amide bonds. The van der Waals surface area contributed by atoms with Crippen LogP contribution < -0.4 is 0 Å². The molecule has 0 bridgehead atoms. The number of esters is 1. The van der Waals surface area contributed by atoms with Crippen molar-refractivity contribution < 1.29 is 15.7 Å². The normalized spacial score (nSPS) is 23.6. The monoisotopic (exact) mass is 172 g/mol. The SMILES string of the molecule is [2H]CC(=O)N1CCC[C@H]1C(=O)OC. The second-order valence-corrected chi connectivity index (χ2v) is 2.77. The molecule has 0 saturated carbocycles. The van der Waals surface area contributed by atoms with E-state index in [0.717, 1.165) is 6.42 Å². The second-order valence-electron chi connectivity index (χ2n) is 2.77. The lowest BCUT2D eigenvalue weighted by atomic mass is 10.2. The zero-order valence-electron chi connectivity index (χ0n) is 8.08. The predicted octanol–water partition coefficient (Wildman–Crippen LogP) is 0.170. The van der Waals surface area contributed by atoms with E-state index in [4.69, 9.17) is 1.37 Å². The van der Waals surface area contributed by atoms with Crippen LogP contribution in [0.25, 0.3) is 0 Å². The Bertz CT molecular complexity index is 197. The van der Waals surface area contributed by atoms with Crippen molar-refractivity contribution in [2.24, 2.45) is 0 Å². The Morgan fingerprint density at radius 3 is 3.00 bits per heavy atom. The van der Waals surface area contributed by atoms with Gasteiger partial charge in [0.05, 0.1) is 7.11 Å². The molecule has 1 fully saturated rings. The molecule has 4 nitrogen and oxygen atoms in total. The van der Waals surface area contributed by atoms with E-state index in [9.17, 15) is 9.59 Å². The first-order valence-corrected chi connectivity index (χ1v) is 3.87. The summed E-state index contributed by atoms with van der Waals surface area (Å²) in [6.07, 6.45) is 1.46. The fourth-order valence-electron chi connectivity index (χ4n) is 1.45. The predicted molar refractivity (Wildman–Crippen MR) is 42.4 cm³/mol. The highest BCUT2D eigenvalue weighted by atomic mass is 16.5. The van der Waals surface area contributed by atoms with Gasteiger partial charge in [-0.3, -0.25) is 4.79 Å². The Labute approximate surface area is 72.9 Å².